The fraction of sp³-hybridized carbons (Fsp3) is 0.217. The van der Waals surface area contributed by atoms with Crippen molar-refractivity contribution in [2.24, 2.45) is 0 Å². The fourth-order valence-electron chi connectivity index (χ4n) is 7.32. The molecule has 8 rings (SSSR count). The van der Waals surface area contributed by atoms with Crippen molar-refractivity contribution in [2.45, 2.75) is 56.2 Å². The Kier molecular flexibility index (Phi) is 12.5. The number of carbonyl (C=O) groups excluding carboxylic acids is 2. The van der Waals surface area contributed by atoms with E-state index in [4.69, 9.17) is 42.7 Å². The van der Waals surface area contributed by atoms with Crippen LogP contribution in [-0.2, 0) is 45.6 Å². The van der Waals surface area contributed by atoms with Gasteiger partial charge >= 0.3 is 0 Å². The maximum atomic E-state index is 14.5. The molecule has 1 aromatic heterocycles. The van der Waals surface area contributed by atoms with Gasteiger partial charge in [-0.15, -0.1) is 0 Å². The number of carbonyl (C=O) groups is 2. The van der Waals surface area contributed by atoms with Crippen molar-refractivity contribution in [1.29, 1.82) is 5.26 Å². The molecule has 0 saturated carbocycles. The van der Waals surface area contributed by atoms with Crippen LogP contribution >= 0.6 is 34.5 Å². The molecule has 2 atom stereocenters. The fourth-order valence-corrected chi connectivity index (χ4v) is 10.8. The number of sulfonamides is 1. The summed E-state index contributed by atoms with van der Waals surface area (Å²) in [7, 11) is -4.30. The lowest BCUT2D eigenvalue weighted by Gasteiger charge is -2.36. The SMILES string of the molecule is CC(=O)Nc1nc(C)c(S(=O)(=O)N2Cc3cc4c(cc3CC2C(=O)NCCc2ccc(-c3ccc(C#N)cc3)cc2)OC[C@@H](c2ccc(OCc3ccc(Cl)c(Cl)c3)cc2)O4)s1. The van der Waals surface area contributed by atoms with Crippen LogP contribution in [0.1, 0.15) is 52.1 Å². The summed E-state index contributed by atoms with van der Waals surface area (Å²) in [4.78, 5) is 30.2. The molecule has 16 heteroatoms. The summed E-state index contributed by atoms with van der Waals surface area (Å²) in [6.07, 6.45) is 0.142. The molecule has 2 amide bonds. The number of halogens is 2. The third-order valence-corrected chi connectivity index (χ3v) is 14.8. The number of nitrogens with zero attached hydrogens (tertiary/aromatic N) is 3. The number of hydrogen-bond donors (Lipinski definition) is 2. The summed E-state index contributed by atoms with van der Waals surface area (Å²) >= 11 is 13.0. The van der Waals surface area contributed by atoms with Crippen LogP contribution in [0.15, 0.2) is 107 Å². The topological polar surface area (TPSA) is 160 Å². The van der Waals surface area contributed by atoms with E-state index in [0.717, 1.165) is 44.7 Å². The molecule has 0 radical (unpaired) electrons. The summed E-state index contributed by atoms with van der Waals surface area (Å²) < 4.78 is 48.8. The Balaban J connectivity index is 0.986. The molecule has 5 aromatic carbocycles. The van der Waals surface area contributed by atoms with Crippen molar-refractivity contribution < 1.29 is 32.2 Å². The minimum absolute atomic E-state index is 0.0631. The molecular formula is C46H39Cl2N5O7S2. The number of amides is 2. The first-order valence-corrected chi connectivity index (χ1v) is 22.6. The highest BCUT2D eigenvalue weighted by Crippen LogP contribution is 2.42. The average Bonchev–Trinajstić information content (AvgIpc) is 3.65. The summed E-state index contributed by atoms with van der Waals surface area (Å²) in [5, 5.41) is 15.7. The minimum Gasteiger partial charge on any atom is -0.489 e. The number of rotatable bonds is 12. The van der Waals surface area contributed by atoms with Crippen LogP contribution in [0.25, 0.3) is 11.1 Å². The summed E-state index contributed by atoms with van der Waals surface area (Å²) in [5.41, 5.74) is 6.92. The highest BCUT2D eigenvalue weighted by atomic mass is 35.5. The molecule has 62 heavy (non-hydrogen) atoms. The number of fused-ring (bicyclic) bond motifs is 2. The van der Waals surface area contributed by atoms with Gasteiger partial charge in [-0.3, -0.25) is 9.59 Å². The number of ether oxygens (including phenoxy) is 3. The van der Waals surface area contributed by atoms with Gasteiger partial charge in [0.05, 0.1) is 27.4 Å². The first kappa shape index (κ1) is 42.7. The third-order valence-electron chi connectivity index (χ3n) is 10.6. The number of aromatic nitrogens is 1. The molecule has 0 aliphatic carbocycles. The largest absolute Gasteiger partial charge is 0.489 e. The molecule has 0 fully saturated rings. The lowest BCUT2D eigenvalue weighted by molar-refractivity contribution is -0.125. The predicted molar refractivity (Wildman–Crippen MR) is 237 cm³/mol. The molecule has 0 spiro atoms. The number of aryl methyl sites for hydroxylation is 1. The van der Waals surface area contributed by atoms with Gasteiger partial charge in [-0.1, -0.05) is 89.1 Å². The third kappa shape index (κ3) is 9.42. The van der Waals surface area contributed by atoms with Gasteiger partial charge in [-0.2, -0.15) is 9.57 Å². The van der Waals surface area contributed by atoms with Crippen molar-refractivity contribution in [1.82, 2.24) is 14.6 Å². The highest BCUT2D eigenvalue weighted by Gasteiger charge is 2.42. The van der Waals surface area contributed by atoms with Gasteiger partial charge in [0.25, 0.3) is 10.0 Å². The van der Waals surface area contributed by atoms with E-state index in [1.807, 2.05) is 72.8 Å². The first-order chi connectivity index (χ1) is 29.8. The Hall–Kier alpha value is -5.95. The van der Waals surface area contributed by atoms with Gasteiger partial charge in [-0.25, -0.2) is 13.4 Å². The van der Waals surface area contributed by atoms with Crippen LogP contribution in [0.5, 0.6) is 17.2 Å². The number of benzene rings is 5. The van der Waals surface area contributed by atoms with Gasteiger partial charge in [0.15, 0.2) is 26.9 Å². The van der Waals surface area contributed by atoms with E-state index in [9.17, 15) is 18.0 Å². The van der Waals surface area contributed by atoms with Crippen molar-refractivity contribution >= 4 is 61.5 Å². The van der Waals surface area contributed by atoms with Crippen LogP contribution in [0, 0.1) is 18.3 Å². The van der Waals surface area contributed by atoms with Crippen molar-refractivity contribution in [2.75, 3.05) is 18.5 Å². The lowest BCUT2D eigenvalue weighted by Crippen LogP contribution is -2.52. The molecule has 6 aromatic rings. The zero-order chi connectivity index (χ0) is 43.5. The minimum atomic E-state index is -4.30. The van der Waals surface area contributed by atoms with Crippen LogP contribution in [0.4, 0.5) is 5.13 Å². The van der Waals surface area contributed by atoms with E-state index in [-0.39, 0.29) is 47.1 Å². The molecule has 2 N–H and O–H groups in total. The smallest absolute Gasteiger partial charge is 0.255 e. The van der Waals surface area contributed by atoms with Gasteiger partial charge in [-0.05, 0) is 107 Å². The molecule has 2 aliphatic heterocycles. The molecule has 0 bridgehead atoms. The maximum Gasteiger partial charge on any atom is 0.255 e. The maximum absolute atomic E-state index is 14.5. The second kappa shape index (κ2) is 18.2. The van der Waals surface area contributed by atoms with Crippen LogP contribution in [-0.4, -0.2) is 48.7 Å². The molecule has 3 heterocycles. The zero-order valence-electron chi connectivity index (χ0n) is 33.5. The summed E-state index contributed by atoms with van der Waals surface area (Å²) in [5.74, 6) is 0.773. The predicted octanol–water partition coefficient (Wildman–Crippen LogP) is 8.82. The molecule has 12 nitrogen and oxygen atoms in total. The average molecular weight is 909 g/mol. The van der Waals surface area contributed by atoms with E-state index in [0.29, 0.717) is 51.4 Å². The summed E-state index contributed by atoms with van der Waals surface area (Å²) in [6, 6.07) is 32.8. The number of hydrogen-bond acceptors (Lipinski definition) is 10. The van der Waals surface area contributed by atoms with E-state index in [2.05, 4.69) is 21.7 Å². The first-order valence-electron chi connectivity index (χ1n) is 19.6. The Morgan fingerprint density at radius 1 is 0.919 bits per heavy atom. The Bertz CT molecular complexity index is 2810. The van der Waals surface area contributed by atoms with E-state index < -0.39 is 28.1 Å². The number of anilines is 1. The molecule has 2 aliphatic rings. The highest BCUT2D eigenvalue weighted by molar-refractivity contribution is 7.91. The quantitative estimate of drug-likeness (QED) is 0.122. The van der Waals surface area contributed by atoms with Crippen molar-refractivity contribution in [3.63, 3.8) is 0 Å². The van der Waals surface area contributed by atoms with Gasteiger partial charge < -0.3 is 24.8 Å². The molecule has 1 unspecified atom stereocenters. The molecule has 0 saturated heterocycles. The monoisotopic (exact) mass is 907 g/mol. The van der Waals surface area contributed by atoms with Crippen LogP contribution in [0.2, 0.25) is 10.0 Å². The number of nitrogens with one attached hydrogen (secondary N) is 2. The Morgan fingerprint density at radius 2 is 1.61 bits per heavy atom. The zero-order valence-corrected chi connectivity index (χ0v) is 36.6. The van der Waals surface area contributed by atoms with Crippen molar-refractivity contribution in [3.05, 3.63) is 152 Å². The van der Waals surface area contributed by atoms with Crippen LogP contribution < -0.4 is 24.8 Å². The summed E-state index contributed by atoms with van der Waals surface area (Å²) in [6.45, 7) is 3.57. The van der Waals surface area contributed by atoms with Gasteiger partial charge in [0.1, 0.15) is 25.0 Å². The molecule has 316 valence electrons. The second-order valence-corrected chi connectivity index (χ2v) is 18.8. The standard InChI is InChI=1S/C46H39Cl2N5O7S2/c1-27-45(61-46(51-27)52-28(2)54)62(56,57)53-24-36-22-42-41(59-26-43(60-42)34-12-14-37(15-13-34)58-25-31-7-16-38(47)39(48)19-31)21-35(36)20-40(53)44(55)50-18-17-29-3-8-32(9-4-29)33-10-5-30(23-49)6-11-33/h3-16,19,21-22,40,43H,17-18,20,24-26H2,1-2H3,(H,50,55)(H,51,52,54)/t40?,43-/m0/s1. The van der Waals surface area contributed by atoms with E-state index in [1.54, 1.807) is 37.3 Å². The number of nitriles is 1. The van der Waals surface area contributed by atoms with Gasteiger partial charge in [0, 0.05) is 20.0 Å². The lowest BCUT2D eigenvalue weighted by atomic mass is 9.94. The van der Waals surface area contributed by atoms with E-state index in [1.165, 1.54) is 11.2 Å². The Morgan fingerprint density at radius 3 is 2.31 bits per heavy atom. The van der Waals surface area contributed by atoms with Gasteiger partial charge in [0.2, 0.25) is 11.8 Å². The normalized spacial score (nSPS) is 15.9. The second-order valence-electron chi connectivity index (χ2n) is 14.9. The van der Waals surface area contributed by atoms with E-state index >= 15 is 0 Å². The molecular weight excluding hydrogens is 870 g/mol. The van der Waals surface area contributed by atoms with Crippen LogP contribution in [0.3, 0.4) is 0 Å². The Labute approximate surface area is 373 Å². The number of thiazole rings is 1. The van der Waals surface area contributed by atoms with Crippen molar-refractivity contribution in [3.8, 4) is 34.4 Å².